The summed E-state index contributed by atoms with van der Waals surface area (Å²) in [6.07, 6.45) is 0.940. The molecule has 1 N–H and O–H groups in total. The Morgan fingerprint density at radius 2 is 1.77 bits per heavy atom. The van der Waals surface area contributed by atoms with Crippen LogP contribution in [-0.4, -0.2) is 8.42 Å². The molecule has 2 aromatic carbocycles. The van der Waals surface area contributed by atoms with Crippen LogP contribution in [0.5, 0.6) is 0 Å². The van der Waals surface area contributed by atoms with Gasteiger partial charge in [-0.2, -0.15) is 0 Å². The zero-order valence-electron chi connectivity index (χ0n) is 12.9. The summed E-state index contributed by atoms with van der Waals surface area (Å²) < 4.78 is 40.6. The van der Waals surface area contributed by atoms with Crippen LogP contribution in [0.25, 0.3) is 0 Å². The first-order valence-electron chi connectivity index (χ1n) is 7.21. The average Bonchev–Trinajstić information content (AvgIpc) is 2.49. The van der Waals surface area contributed by atoms with E-state index in [0.29, 0.717) is 5.56 Å². The van der Waals surface area contributed by atoms with Crippen LogP contribution >= 0.6 is 0 Å². The summed E-state index contributed by atoms with van der Waals surface area (Å²) >= 11 is 0. The van der Waals surface area contributed by atoms with Crippen molar-refractivity contribution in [3.8, 4) is 0 Å². The van der Waals surface area contributed by atoms with Gasteiger partial charge in [-0.05, 0) is 55.2 Å². The minimum Gasteiger partial charge on any atom is -0.207 e. The highest BCUT2D eigenvalue weighted by Crippen LogP contribution is 2.19. The monoisotopic (exact) mass is 321 g/mol. The highest BCUT2D eigenvalue weighted by molar-refractivity contribution is 7.89. The molecule has 22 heavy (non-hydrogen) atoms. The quantitative estimate of drug-likeness (QED) is 0.912. The molecule has 0 radical (unpaired) electrons. The van der Waals surface area contributed by atoms with E-state index in [4.69, 9.17) is 0 Å². The lowest BCUT2D eigenvalue weighted by Gasteiger charge is -2.15. The van der Waals surface area contributed by atoms with Gasteiger partial charge in [0.25, 0.3) is 0 Å². The van der Waals surface area contributed by atoms with E-state index in [9.17, 15) is 12.8 Å². The number of aryl methyl sites for hydroxylation is 2. The third-order valence-corrected chi connectivity index (χ3v) is 5.20. The third-order valence-electron chi connectivity index (χ3n) is 3.66. The fraction of sp³-hybridized carbons (Fsp3) is 0.294. The van der Waals surface area contributed by atoms with E-state index in [-0.39, 0.29) is 10.9 Å². The molecule has 0 bridgehead atoms. The maximum Gasteiger partial charge on any atom is 0.241 e. The molecule has 0 aromatic heterocycles. The summed E-state index contributed by atoms with van der Waals surface area (Å²) in [5.41, 5.74) is 2.40. The van der Waals surface area contributed by atoms with Crippen molar-refractivity contribution >= 4 is 10.0 Å². The lowest BCUT2D eigenvalue weighted by molar-refractivity contribution is 0.566. The molecule has 5 heteroatoms. The molecule has 0 unspecified atom stereocenters. The summed E-state index contributed by atoms with van der Waals surface area (Å²) in [6.45, 7) is 5.40. The Hall–Kier alpha value is -1.72. The number of benzene rings is 2. The van der Waals surface area contributed by atoms with E-state index in [1.54, 1.807) is 13.8 Å². The number of hydrogen-bond acceptors (Lipinski definition) is 2. The van der Waals surface area contributed by atoms with Crippen molar-refractivity contribution in [3.63, 3.8) is 0 Å². The molecular formula is C17H20FNO2S. The molecule has 1 atom stereocenters. The first kappa shape index (κ1) is 16.6. The smallest absolute Gasteiger partial charge is 0.207 e. The van der Waals surface area contributed by atoms with Gasteiger partial charge in [0.2, 0.25) is 10.0 Å². The lowest BCUT2D eigenvalue weighted by Crippen LogP contribution is -2.27. The molecule has 3 nitrogen and oxygen atoms in total. The van der Waals surface area contributed by atoms with Gasteiger partial charge in [0.05, 0.1) is 4.90 Å². The van der Waals surface area contributed by atoms with Crippen molar-refractivity contribution in [1.29, 1.82) is 0 Å². The Labute approximate surface area is 131 Å². The van der Waals surface area contributed by atoms with Crippen LogP contribution in [0, 0.1) is 12.7 Å². The van der Waals surface area contributed by atoms with Crippen LogP contribution < -0.4 is 4.72 Å². The molecule has 2 rings (SSSR count). The van der Waals surface area contributed by atoms with E-state index in [0.717, 1.165) is 12.0 Å². The van der Waals surface area contributed by atoms with E-state index in [1.807, 2.05) is 24.3 Å². The number of hydrogen-bond donors (Lipinski definition) is 1. The van der Waals surface area contributed by atoms with E-state index >= 15 is 0 Å². The van der Waals surface area contributed by atoms with Crippen molar-refractivity contribution in [2.75, 3.05) is 0 Å². The SMILES string of the molecule is CCc1ccc([C@@H](C)NS(=O)(=O)c2ccc(F)c(C)c2)cc1. The third kappa shape index (κ3) is 3.72. The maximum absolute atomic E-state index is 13.3. The van der Waals surface area contributed by atoms with Crippen molar-refractivity contribution in [2.24, 2.45) is 0 Å². The first-order valence-corrected chi connectivity index (χ1v) is 8.69. The normalized spacial score (nSPS) is 13.1. The number of sulfonamides is 1. The maximum atomic E-state index is 13.3. The minimum atomic E-state index is -3.68. The molecule has 0 aliphatic rings. The van der Waals surface area contributed by atoms with Crippen molar-refractivity contribution in [1.82, 2.24) is 4.72 Å². The van der Waals surface area contributed by atoms with Crippen molar-refractivity contribution in [3.05, 3.63) is 65.0 Å². The van der Waals surface area contributed by atoms with Crippen LogP contribution in [0.1, 0.15) is 36.6 Å². The molecule has 0 aliphatic carbocycles. The number of rotatable bonds is 5. The summed E-state index contributed by atoms with van der Waals surface area (Å²) in [7, 11) is -3.68. The fourth-order valence-electron chi connectivity index (χ4n) is 2.20. The second kappa shape index (κ2) is 6.58. The second-order valence-corrected chi connectivity index (χ2v) is 7.06. The Kier molecular flexibility index (Phi) is 4.98. The predicted molar refractivity (Wildman–Crippen MR) is 85.7 cm³/mol. The summed E-state index contributed by atoms with van der Waals surface area (Å²) in [6, 6.07) is 11.2. The highest BCUT2D eigenvalue weighted by Gasteiger charge is 2.19. The Morgan fingerprint density at radius 3 is 2.32 bits per heavy atom. The molecule has 0 heterocycles. The van der Waals surface area contributed by atoms with Gasteiger partial charge in [-0.1, -0.05) is 31.2 Å². The fourth-order valence-corrected chi connectivity index (χ4v) is 3.51. The van der Waals surface area contributed by atoms with Crippen LogP contribution in [-0.2, 0) is 16.4 Å². The Morgan fingerprint density at radius 1 is 1.14 bits per heavy atom. The molecule has 0 spiro atoms. The van der Waals surface area contributed by atoms with E-state index in [2.05, 4.69) is 11.6 Å². The molecular weight excluding hydrogens is 301 g/mol. The van der Waals surface area contributed by atoms with Crippen LogP contribution in [0.15, 0.2) is 47.4 Å². The summed E-state index contributed by atoms with van der Waals surface area (Å²) in [4.78, 5) is 0.0726. The van der Waals surface area contributed by atoms with E-state index in [1.165, 1.54) is 23.8 Å². The standard InChI is InChI=1S/C17H20FNO2S/c1-4-14-5-7-15(8-6-14)13(3)19-22(20,21)16-9-10-17(18)12(2)11-16/h5-11,13,19H,4H2,1-3H3/t13-/m1/s1. The Bertz CT molecular complexity index is 755. The summed E-state index contributed by atoms with van der Waals surface area (Å²) in [5, 5.41) is 0. The van der Waals surface area contributed by atoms with Gasteiger partial charge >= 0.3 is 0 Å². The van der Waals surface area contributed by atoms with Crippen molar-refractivity contribution in [2.45, 2.75) is 38.1 Å². The van der Waals surface area contributed by atoms with Gasteiger partial charge in [0, 0.05) is 6.04 Å². The minimum absolute atomic E-state index is 0.0726. The van der Waals surface area contributed by atoms with Crippen molar-refractivity contribution < 1.29 is 12.8 Å². The molecule has 0 saturated heterocycles. The van der Waals surface area contributed by atoms with Gasteiger partial charge < -0.3 is 0 Å². The molecule has 0 saturated carbocycles. The van der Waals surface area contributed by atoms with E-state index < -0.39 is 15.8 Å². The molecule has 0 amide bonds. The first-order chi connectivity index (χ1) is 10.3. The van der Waals surface area contributed by atoms with Crippen LogP contribution in [0.2, 0.25) is 0 Å². The largest absolute Gasteiger partial charge is 0.241 e. The van der Waals surface area contributed by atoms with Gasteiger partial charge in [0.1, 0.15) is 5.82 Å². The second-order valence-electron chi connectivity index (χ2n) is 5.35. The summed E-state index contributed by atoms with van der Waals surface area (Å²) in [5.74, 6) is -0.415. The van der Waals surface area contributed by atoms with Gasteiger partial charge in [-0.25, -0.2) is 17.5 Å². The predicted octanol–water partition coefficient (Wildman–Crippen LogP) is 3.74. The molecule has 0 fully saturated rings. The molecule has 2 aromatic rings. The highest BCUT2D eigenvalue weighted by atomic mass is 32.2. The Balaban J connectivity index is 2.21. The van der Waals surface area contributed by atoms with Crippen LogP contribution in [0.4, 0.5) is 4.39 Å². The molecule has 0 aliphatic heterocycles. The van der Waals surface area contributed by atoms with Crippen LogP contribution in [0.3, 0.4) is 0 Å². The lowest BCUT2D eigenvalue weighted by atomic mass is 10.1. The van der Waals surface area contributed by atoms with Gasteiger partial charge in [-0.3, -0.25) is 0 Å². The zero-order valence-corrected chi connectivity index (χ0v) is 13.7. The average molecular weight is 321 g/mol. The number of halogens is 1. The number of nitrogens with one attached hydrogen (secondary N) is 1. The molecule has 118 valence electrons. The van der Waals surface area contributed by atoms with Gasteiger partial charge in [0.15, 0.2) is 0 Å². The van der Waals surface area contributed by atoms with Gasteiger partial charge in [-0.15, -0.1) is 0 Å². The zero-order chi connectivity index (χ0) is 16.3. The topological polar surface area (TPSA) is 46.2 Å².